The molecule has 0 bridgehead atoms. The molecule has 1 amide bonds. The Labute approximate surface area is 107 Å². The van der Waals surface area contributed by atoms with Crippen LogP contribution in [-0.4, -0.2) is 23.5 Å². The molecule has 0 radical (unpaired) electrons. The molecule has 0 spiro atoms. The van der Waals surface area contributed by atoms with Crippen LogP contribution in [0.5, 0.6) is 0 Å². The van der Waals surface area contributed by atoms with Gasteiger partial charge in [0, 0.05) is 30.7 Å². The Morgan fingerprint density at radius 2 is 1.74 bits per heavy atom. The van der Waals surface area contributed by atoms with Gasteiger partial charge in [0.1, 0.15) is 17.5 Å². The molecule has 0 aliphatic carbocycles. The van der Waals surface area contributed by atoms with E-state index in [4.69, 9.17) is 5.11 Å². The Hall–Kier alpha value is -2.05. The van der Waals surface area contributed by atoms with Crippen LogP contribution < -0.4 is 5.32 Å². The van der Waals surface area contributed by atoms with Crippen LogP contribution in [0.1, 0.15) is 18.4 Å². The first-order valence-electron chi connectivity index (χ1n) is 5.52. The van der Waals surface area contributed by atoms with E-state index in [1.807, 2.05) is 0 Å². The van der Waals surface area contributed by atoms with Crippen molar-refractivity contribution >= 4 is 11.9 Å². The highest BCUT2D eigenvalue weighted by atomic mass is 19.1. The molecule has 104 valence electrons. The van der Waals surface area contributed by atoms with Crippen LogP contribution in [-0.2, 0) is 16.0 Å². The molecule has 0 aliphatic rings. The summed E-state index contributed by atoms with van der Waals surface area (Å²) in [5, 5.41) is 10.7. The van der Waals surface area contributed by atoms with Gasteiger partial charge >= 0.3 is 5.97 Å². The second-order valence-electron chi connectivity index (χ2n) is 3.87. The zero-order valence-electron chi connectivity index (χ0n) is 9.88. The molecule has 0 saturated carbocycles. The summed E-state index contributed by atoms with van der Waals surface area (Å²) >= 11 is 0. The lowest BCUT2D eigenvalue weighted by Gasteiger charge is -2.06. The number of benzene rings is 1. The average Bonchev–Trinajstić information content (AvgIpc) is 2.29. The molecule has 1 aromatic carbocycles. The van der Waals surface area contributed by atoms with Gasteiger partial charge in [-0.2, -0.15) is 0 Å². The van der Waals surface area contributed by atoms with Gasteiger partial charge in [0.05, 0.1) is 6.42 Å². The number of hydrogen-bond acceptors (Lipinski definition) is 2. The van der Waals surface area contributed by atoms with Crippen molar-refractivity contribution in [3.63, 3.8) is 0 Å². The summed E-state index contributed by atoms with van der Waals surface area (Å²) in [5.41, 5.74) is -0.517. The molecule has 2 N–H and O–H groups in total. The van der Waals surface area contributed by atoms with Crippen molar-refractivity contribution in [3.8, 4) is 0 Å². The molecule has 0 heterocycles. The smallest absolute Gasteiger partial charge is 0.303 e. The van der Waals surface area contributed by atoms with E-state index in [1.165, 1.54) is 0 Å². The fourth-order valence-electron chi connectivity index (χ4n) is 1.43. The first-order chi connectivity index (χ1) is 8.90. The van der Waals surface area contributed by atoms with Gasteiger partial charge in [-0.3, -0.25) is 9.59 Å². The summed E-state index contributed by atoms with van der Waals surface area (Å²) < 4.78 is 39.1. The zero-order chi connectivity index (χ0) is 14.4. The van der Waals surface area contributed by atoms with Crippen molar-refractivity contribution < 1.29 is 27.9 Å². The van der Waals surface area contributed by atoms with E-state index in [0.29, 0.717) is 12.1 Å². The molecule has 4 nitrogen and oxygen atoms in total. The van der Waals surface area contributed by atoms with E-state index in [9.17, 15) is 22.8 Å². The molecule has 19 heavy (non-hydrogen) atoms. The largest absolute Gasteiger partial charge is 0.481 e. The van der Waals surface area contributed by atoms with Crippen molar-refractivity contribution in [2.24, 2.45) is 0 Å². The van der Waals surface area contributed by atoms with Crippen LogP contribution in [0.15, 0.2) is 12.1 Å². The average molecular weight is 275 g/mol. The molecule has 1 aromatic rings. The van der Waals surface area contributed by atoms with Crippen molar-refractivity contribution in [1.29, 1.82) is 0 Å². The minimum atomic E-state index is -1.13. The molecule has 0 fully saturated rings. The molecule has 0 aromatic heterocycles. The SMILES string of the molecule is O=C(O)CCCNC(=O)Cc1c(F)cc(F)cc1F. The monoisotopic (exact) mass is 275 g/mol. The van der Waals surface area contributed by atoms with Crippen LogP contribution in [0.3, 0.4) is 0 Å². The quantitative estimate of drug-likeness (QED) is 0.775. The van der Waals surface area contributed by atoms with Crippen molar-refractivity contribution in [3.05, 3.63) is 35.1 Å². The second-order valence-corrected chi connectivity index (χ2v) is 3.87. The molecule has 0 atom stereocenters. The lowest BCUT2D eigenvalue weighted by Crippen LogP contribution is -2.27. The van der Waals surface area contributed by atoms with E-state index in [0.717, 1.165) is 0 Å². The number of carboxylic acid groups (broad SMARTS) is 1. The molecule has 7 heteroatoms. The van der Waals surface area contributed by atoms with E-state index in [-0.39, 0.29) is 19.4 Å². The van der Waals surface area contributed by atoms with Gasteiger partial charge < -0.3 is 10.4 Å². The summed E-state index contributed by atoms with van der Waals surface area (Å²) in [6.45, 7) is 0.0928. The van der Waals surface area contributed by atoms with Gasteiger partial charge in [-0.15, -0.1) is 0 Å². The standard InChI is InChI=1S/C12H12F3NO3/c13-7-4-9(14)8(10(15)5-7)6-11(17)16-3-1-2-12(18)19/h4-5H,1-3,6H2,(H,16,17)(H,18,19). The third kappa shape index (κ3) is 4.99. The van der Waals surface area contributed by atoms with Gasteiger partial charge in [-0.1, -0.05) is 0 Å². The van der Waals surface area contributed by atoms with Gasteiger partial charge in [0.2, 0.25) is 5.91 Å². The molecular weight excluding hydrogens is 263 g/mol. The third-order valence-corrected chi connectivity index (χ3v) is 2.33. The van der Waals surface area contributed by atoms with E-state index >= 15 is 0 Å². The summed E-state index contributed by atoms with van der Waals surface area (Å²) in [6, 6.07) is 0.992. The summed E-state index contributed by atoms with van der Waals surface area (Å²) in [6.07, 6.45) is -0.458. The number of aliphatic carboxylic acids is 1. The molecule has 0 saturated heterocycles. The number of carboxylic acids is 1. The van der Waals surface area contributed by atoms with Crippen LogP contribution in [0.4, 0.5) is 13.2 Å². The first kappa shape index (κ1) is 15.0. The number of hydrogen-bond donors (Lipinski definition) is 2. The second kappa shape index (κ2) is 6.77. The lowest BCUT2D eigenvalue weighted by atomic mass is 10.1. The van der Waals surface area contributed by atoms with Crippen LogP contribution >= 0.6 is 0 Å². The van der Waals surface area contributed by atoms with E-state index < -0.39 is 41.3 Å². The predicted molar refractivity (Wildman–Crippen MR) is 59.9 cm³/mol. The highest BCUT2D eigenvalue weighted by molar-refractivity contribution is 5.78. The highest BCUT2D eigenvalue weighted by Crippen LogP contribution is 2.15. The number of halogens is 3. The van der Waals surface area contributed by atoms with Gasteiger partial charge in [0.25, 0.3) is 0 Å². The maximum atomic E-state index is 13.2. The van der Waals surface area contributed by atoms with Crippen LogP contribution in [0.25, 0.3) is 0 Å². The summed E-state index contributed by atoms with van der Waals surface area (Å²) in [4.78, 5) is 21.6. The van der Waals surface area contributed by atoms with Crippen molar-refractivity contribution in [1.82, 2.24) is 5.32 Å². The van der Waals surface area contributed by atoms with Crippen molar-refractivity contribution in [2.75, 3.05) is 6.54 Å². The molecule has 1 rings (SSSR count). The predicted octanol–water partition coefficient (Wildman–Crippen LogP) is 1.63. The lowest BCUT2D eigenvalue weighted by molar-refractivity contribution is -0.137. The van der Waals surface area contributed by atoms with Crippen molar-refractivity contribution in [2.45, 2.75) is 19.3 Å². The highest BCUT2D eigenvalue weighted by Gasteiger charge is 2.14. The third-order valence-electron chi connectivity index (χ3n) is 2.33. The maximum absolute atomic E-state index is 13.2. The van der Waals surface area contributed by atoms with Crippen LogP contribution in [0, 0.1) is 17.5 Å². The Morgan fingerprint density at radius 1 is 1.16 bits per heavy atom. The molecular formula is C12H12F3NO3. The number of nitrogens with one attached hydrogen (secondary N) is 1. The molecule has 0 aliphatic heterocycles. The Balaban J connectivity index is 2.51. The van der Waals surface area contributed by atoms with Gasteiger partial charge in [-0.05, 0) is 6.42 Å². The van der Waals surface area contributed by atoms with Crippen LogP contribution in [0.2, 0.25) is 0 Å². The zero-order valence-corrected chi connectivity index (χ0v) is 9.88. The number of carbonyl (C=O) groups is 2. The number of rotatable bonds is 6. The first-order valence-corrected chi connectivity index (χ1v) is 5.52. The topological polar surface area (TPSA) is 66.4 Å². The number of carbonyl (C=O) groups excluding carboxylic acids is 1. The fourth-order valence-corrected chi connectivity index (χ4v) is 1.43. The molecule has 0 unspecified atom stereocenters. The number of amides is 1. The van der Waals surface area contributed by atoms with E-state index in [2.05, 4.69) is 5.32 Å². The van der Waals surface area contributed by atoms with Gasteiger partial charge in [-0.25, -0.2) is 13.2 Å². The maximum Gasteiger partial charge on any atom is 0.303 e. The minimum absolute atomic E-state index is 0.0928. The fraction of sp³-hybridized carbons (Fsp3) is 0.333. The summed E-state index contributed by atoms with van der Waals surface area (Å²) in [7, 11) is 0. The Morgan fingerprint density at radius 3 is 2.26 bits per heavy atom. The van der Waals surface area contributed by atoms with E-state index in [1.54, 1.807) is 0 Å². The normalized spacial score (nSPS) is 10.3. The summed E-state index contributed by atoms with van der Waals surface area (Å²) in [5.74, 6) is -4.96. The minimum Gasteiger partial charge on any atom is -0.481 e. The Bertz CT molecular complexity index is 468. The Kier molecular flexibility index (Phi) is 5.35. The van der Waals surface area contributed by atoms with Gasteiger partial charge in [0.15, 0.2) is 0 Å².